The predicted octanol–water partition coefficient (Wildman–Crippen LogP) is 3.91. The van der Waals surface area contributed by atoms with E-state index in [2.05, 4.69) is 5.32 Å². The second-order valence-corrected chi connectivity index (χ2v) is 6.20. The molecule has 0 unspecified atom stereocenters. The summed E-state index contributed by atoms with van der Waals surface area (Å²) in [6, 6.07) is 7.60. The number of rotatable bonds is 6. The summed E-state index contributed by atoms with van der Waals surface area (Å²) in [5.41, 5.74) is 0.636. The van der Waals surface area contributed by atoms with Gasteiger partial charge in [0.2, 0.25) is 5.91 Å². The van der Waals surface area contributed by atoms with Crippen molar-refractivity contribution < 1.29 is 18.4 Å². The Balaban J connectivity index is 2.02. The Morgan fingerprint density at radius 1 is 1.24 bits per heavy atom. The van der Waals surface area contributed by atoms with Gasteiger partial charge < -0.3 is 14.6 Å². The zero-order valence-corrected chi connectivity index (χ0v) is 14.9. The molecule has 0 aliphatic carbocycles. The van der Waals surface area contributed by atoms with Gasteiger partial charge in [0.15, 0.2) is 0 Å². The lowest BCUT2D eigenvalue weighted by molar-refractivity contribution is -0.116. The minimum atomic E-state index is -0.489. The van der Waals surface area contributed by atoms with Gasteiger partial charge in [-0.2, -0.15) is 0 Å². The predicted molar refractivity (Wildman–Crippen MR) is 94.0 cm³/mol. The summed E-state index contributed by atoms with van der Waals surface area (Å²) in [5, 5.41) is 2.53. The van der Waals surface area contributed by atoms with Gasteiger partial charge in [0, 0.05) is 19.0 Å². The molecule has 5 nitrogen and oxygen atoms in total. The molecule has 1 aromatic heterocycles. The third kappa shape index (κ3) is 4.68. The van der Waals surface area contributed by atoms with Gasteiger partial charge in [-0.15, -0.1) is 0 Å². The van der Waals surface area contributed by atoms with E-state index >= 15 is 0 Å². The molecule has 0 bridgehead atoms. The van der Waals surface area contributed by atoms with Crippen molar-refractivity contribution in [1.29, 1.82) is 0 Å². The van der Waals surface area contributed by atoms with Crippen LogP contribution in [0.3, 0.4) is 0 Å². The van der Waals surface area contributed by atoms with Gasteiger partial charge in [-0.25, -0.2) is 4.39 Å². The molecule has 0 radical (unpaired) electrons. The van der Waals surface area contributed by atoms with E-state index in [9.17, 15) is 14.0 Å². The molecule has 0 aliphatic heterocycles. The van der Waals surface area contributed by atoms with Crippen molar-refractivity contribution in [3.05, 3.63) is 53.2 Å². The zero-order valence-electron chi connectivity index (χ0n) is 14.9. The van der Waals surface area contributed by atoms with E-state index in [1.807, 2.05) is 13.8 Å². The molecule has 0 aliphatic rings. The van der Waals surface area contributed by atoms with Crippen LogP contribution < -0.4 is 5.32 Å². The lowest BCUT2D eigenvalue weighted by Gasteiger charge is -2.26. The fraction of sp³-hybridized carbons (Fsp3) is 0.368. The molecule has 1 aromatic carbocycles. The maximum atomic E-state index is 13.6. The number of nitrogens with zero attached hydrogens (tertiary/aromatic N) is 1. The first-order valence-electron chi connectivity index (χ1n) is 8.22. The maximum Gasteiger partial charge on any atom is 0.257 e. The summed E-state index contributed by atoms with van der Waals surface area (Å²) < 4.78 is 19.0. The maximum absolute atomic E-state index is 13.6. The largest absolute Gasteiger partial charge is 0.466 e. The Morgan fingerprint density at radius 2 is 1.92 bits per heavy atom. The molecule has 6 heteroatoms. The van der Waals surface area contributed by atoms with Crippen LogP contribution in [0.25, 0.3) is 0 Å². The van der Waals surface area contributed by atoms with Crippen LogP contribution in [0.5, 0.6) is 0 Å². The van der Waals surface area contributed by atoms with Gasteiger partial charge in [-0.1, -0.05) is 12.1 Å². The number of para-hydroxylation sites is 1. The number of halogens is 1. The van der Waals surface area contributed by atoms with Crippen LogP contribution in [0.2, 0.25) is 0 Å². The average molecular weight is 346 g/mol. The van der Waals surface area contributed by atoms with E-state index < -0.39 is 5.82 Å². The molecule has 0 fully saturated rings. The van der Waals surface area contributed by atoms with Crippen LogP contribution in [0.15, 0.2) is 34.7 Å². The summed E-state index contributed by atoms with van der Waals surface area (Å²) >= 11 is 0. The lowest BCUT2D eigenvalue weighted by atomic mass is 10.1. The summed E-state index contributed by atoms with van der Waals surface area (Å²) in [6.07, 6.45) is 0.0775. The first-order valence-corrected chi connectivity index (χ1v) is 8.22. The number of hydrogen-bond acceptors (Lipinski definition) is 3. The zero-order chi connectivity index (χ0) is 18.6. The Morgan fingerprint density at radius 3 is 2.48 bits per heavy atom. The topological polar surface area (TPSA) is 62.6 Å². The van der Waals surface area contributed by atoms with Crippen LogP contribution in [0.1, 0.15) is 42.1 Å². The minimum Gasteiger partial charge on any atom is -0.466 e. The second-order valence-electron chi connectivity index (χ2n) is 6.20. The van der Waals surface area contributed by atoms with Crippen LogP contribution in [-0.4, -0.2) is 29.3 Å². The molecule has 2 aromatic rings. The Labute approximate surface area is 146 Å². The summed E-state index contributed by atoms with van der Waals surface area (Å²) in [7, 11) is 0. The molecule has 0 saturated carbocycles. The van der Waals surface area contributed by atoms with Gasteiger partial charge >= 0.3 is 0 Å². The molecule has 25 heavy (non-hydrogen) atoms. The quantitative estimate of drug-likeness (QED) is 0.862. The van der Waals surface area contributed by atoms with E-state index in [0.29, 0.717) is 17.1 Å². The number of amides is 2. The van der Waals surface area contributed by atoms with E-state index in [1.54, 1.807) is 36.9 Å². The Kier molecular flexibility index (Phi) is 5.96. The van der Waals surface area contributed by atoms with Crippen LogP contribution in [-0.2, 0) is 4.79 Å². The molecule has 134 valence electrons. The molecular weight excluding hydrogens is 323 g/mol. The van der Waals surface area contributed by atoms with Crippen molar-refractivity contribution in [3.63, 3.8) is 0 Å². The molecule has 1 N–H and O–H groups in total. The molecule has 2 amide bonds. The highest BCUT2D eigenvalue weighted by Crippen LogP contribution is 2.18. The smallest absolute Gasteiger partial charge is 0.257 e. The van der Waals surface area contributed by atoms with Crippen LogP contribution in [0, 0.1) is 19.7 Å². The molecule has 0 atom stereocenters. The second kappa shape index (κ2) is 7.96. The monoisotopic (exact) mass is 346 g/mol. The van der Waals surface area contributed by atoms with Crippen molar-refractivity contribution in [2.75, 3.05) is 11.9 Å². The molecule has 0 spiro atoms. The van der Waals surface area contributed by atoms with E-state index in [0.717, 1.165) is 0 Å². The van der Waals surface area contributed by atoms with Crippen LogP contribution >= 0.6 is 0 Å². The van der Waals surface area contributed by atoms with Crippen molar-refractivity contribution in [2.45, 2.75) is 40.2 Å². The number of hydrogen-bond donors (Lipinski definition) is 1. The first kappa shape index (κ1) is 18.7. The number of aryl methyl sites for hydroxylation is 2. The minimum absolute atomic E-state index is 0.0775. The average Bonchev–Trinajstić information content (AvgIpc) is 2.88. The van der Waals surface area contributed by atoms with Gasteiger partial charge in [0.1, 0.15) is 17.3 Å². The summed E-state index contributed by atoms with van der Waals surface area (Å²) in [5.74, 6) is 0.217. The molecule has 0 saturated heterocycles. The number of nitrogens with one attached hydrogen (secondary N) is 1. The number of anilines is 1. The summed E-state index contributed by atoms with van der Waals surface area (Å²) in [6.45, 7) is 7.53. The van der Waals surface area contributed by atoms with Gasteiger partial charge in [0.05, 0.1) is 11.3 Å². The number of furan rings is 1. The highest BCUT2D eigenvalue weighted by molar-refractivity contribution is 5.96. The standard InChI is InChI=1S/C19H23FN2O3/c1-12(2)22(19(24)15-11-13(3)25-14(15)4)10-9-18(23)21-17-8-6-5-7-16(17)20/h5-8,11-12H,9-10H2,1-4H3,(H,21,23). The van der Waals surface area contributed by atoms with Gasteiger partial charge in [0.25, 0.3) is 5.91 Å². The number of carbonyl (C=O) groups is 2. The van der Waals surface area contributed by atoms with E-state index in [1.165, 1.54) is 12.1 Å². The fourth-order valence-corrected chi connectivity index (χ4v) is 2.59. The van der Waals surface area contributed by atoms with Crippen molar-refractivity contribution >= 4 is 17.5 Å². The SMILES string of the molecule is Cc1cc(C(=O)N(CCC(=O)Nc2ccccc2F)C(C)C)c(C)o1. The lowest BCUT2D eigenvalue weighted by Crippen LogP contribution is -2.39. The fourth-order valence-electron chi connectivity index (χ4n) is 2.59. The molecular formula is C19H23FN2O3. The normalized spacial score (nSPS) is 10.8. The van der Waals surface area contributed by atoms with Crippen molar-refractivity contribution in [1.82, 2.24) is 4.90 Å². The Hall–Kier alpha value is -2.63. The third-order valence-electron chi connectivity index (χ3n) is 3.88. The molecule has 1 heterocycles. The number of carbonyl (C=O) groups excluding carboxylic acids is 2. The highest BCUT2D eigenvalue weighted by atomic mass is 19.1. The van der Waals surface area contributed by atoms with Crippen molar-refractivity contribution in [2.24, 2.45) is 0 Å². The number of benzene rings is 1. The van der Waals surface area contributed by atoms with Crippen molar-refractivity contribution in [3.8, 4) is 0 Å². The van der Waals surface area contributed by atoms with Gasteiger partial charge in [-0.3, -0.25) is 9.59 Å². The summed E-state index contributed by atoms with van der Waals surface area (Å²) in [4.78, 5) is 26.4. The van der Waals surface area contributed by atoms with E-state index in [4.69, 9.17) is 4.42 Å². The Bertz CT molecular complexity index is 768. The van der Waals surface area contributed by atoms with E-state index in [-0.39, 0.29) is 36.5 Å². The first-order chi connectivity index (χ1) is 11.8. The highest BCUT2D eigenvalue weighted by Gasteiger charge is 2.23. The van der Waals surface area contributed by atoms with Gasteiger partial charge in [-0.05, 0) is 45.9 Å². The van der Waals surface area contributed by atoms with Crippen LogP contribution in [0.4, 0.5) is 10.1 Å². The molecule has 2 rings (SSSR count). The third-order valence-corrected chi connectivity index (χ3v) is 3.88.